The van der Waals surface area contributed by atoms with Crippen LogP contribution in [0.4, 0.5) is 4.79 Å². The lowest BCUT2D eigenvalue weighted by Gasteiger charge is -2.39. The molecule has 0 bridgehead atoms. The highest BCUT2D eigenvalue weighted by atomic mass is 16.5. The second-order valence-corrected chi connectivity index (χ2v) is 11.0. The summed E-state index contributed by atoms with van der Waals surface area (Å²) in [6, 6.07) is 17.3. The van der Waals surface area contributed by atoms with Gasteiger partial charge in [-0.25, -0.2) is 4.79 Å². The van der Waals surface area contributed by atoms with Gasteiger partial charge in [-0.1, -0.05) is 63.2 Å². The average molecular weight is 466 g/mol. The lowest BCUT2D eigenvalue weighted by atomic mass is 9.86. The minimum Gasteiger partial charge on any atom is -0.496 e. The van der Waals surface area contributed by atoms with Gasteiger partial charge in [0, 0.05) is 24.2 Å². The van der Waals surface area contributed by atoms with Crippen LogP contribution in [0, 0.1) is 0 Å². The van der Waals surface area contributed by atoms with Crippen molar-refractivity contribution in [3.05, 3.63) is 65.2 Å². The van der Waals surface area contributed by atoms with E-state index in [1.807, 2.05) is 11.0 Å². The fourth-order valence-corrected chi connectivity index (χ4v) is 5.06. The molecule has 2 amide bonds. The maximum Gasteiger partial charge on any atom is 0.322 e. The van der Waals surface area contributed by atoms with Crippen LogP contribution in [0.1, 0.15) is 84.0 Å². The highest BCUT2D eigenvalue weighted by Crippen LogP contribution is 2.37. The van der Waals surface area contributed by atoms with E-state index in [9.17, 15) is 4.79 Å². The van der Waals surface area contributed by atoms with E-state index in [0.29, 0.717) is 6.54 Å². The van der Waals surface area contributed by atoms with Gasteiger partial charge in [0.25, 0.3) is 0 Å². The number of hydrogen-bond donors (Lipinski definition) is 1. The van der Waals surface area contributed by atoms with E-state index in [4.69, 9.17) is 4.74 Å². The number of nitrogens with one attached hydrogen (secondary N) is 1. The van der Waals surface area contributed by atoms with E-state index >= 15 is 0 Å². The molecule has 2 aromatic carbocycles. The van der Waals surface area contributed by atoms with Crippen molar-refractivity contribution in [3.63, 3.8) is 0 Å². The van der Waals surface area contributed by atoms with Crippen molar-refractivity contribution in [1.82, 2.24) is 15.1 Å². The van der Waals surface area contributed by atoms with Crippen LogP contribution in [0.5, 0.6) is 5.75 Å². The summed E-state index contributed by atoms with van der Waals surface area (Å²) in [5.74, 6) is 0.877. The Kier molecular flexibility index (Phi) is 8.29. The van der Waals surface area contributed by atoms with Crippen molar-refractivity contribution in [2.45, 2.75) is 97.6 Å². The number of methoxy groups -OCH3 is 1. The van der Waals surface area contributed by atoms with Gasteiger partial charge >= 0.3 is 6.03 Å². The number of carbonyl (C=O) groups excluding carboxylic acids is 1. The lowest BCUT2D eigenvalue weighted by molar-refractivity contribution is 0.0983. The Labute approximate surface area is 206 Å². The monoisotopic (exact) mass is 465 g/mol. The zero-order valence-electron chi connectivity index (χ0n) is 22.3. The first-order valence-corrected chi connectivity index (χ1v) is 12.6. The van der Waals surface area contributed by atoms with Crippen LogP contribution in [0.15, 0.2) is 48.5 Å². The molecule has 0 aliphatic carbocycles. The van der Waals surface area contributed by atoms with Crippen LogP contribution in [-0.4, -0.2) is 41.2 Å². The quantitative estimate of drug-likeness (QED) is 0.509. The Bertz CT molecular complexity index is 942. The summed E-state index contributed by atoms with van der Waals surface area (Å²) in [6.07, 6.45) is 1.81. The van der Waals surface area contributed by atoms with Gasteiger partial charge in [0.1, 0.15) is 5.75 Å². The SMILES string of the molecule is COc1ccc(C(C)(C)C)cc1CNC1CCC(c2ccccc2)N1C(=O)N(C(C)C)C(C)C. The first kappa shape index (κ1) is 26.1. The van der Waals surface area contributed by atoms with Crippen LogP contribution in [0.3, 0.4) is 0 Å². The minimum atomic E-state index is -0.0410. The van der Waals surface area contributed by atoms with Gasteiger partial charge in [0.05, 0.1) is 19.3 Å². The van der Waals surface area contributed by atoms with Crippen molar-refractivity contribution in [2.24, 2.45) is 0 Å². The molecule has 1 aliphatic heterocycles. The van der Waals surface area contributed by atoms with E-state index in [-0.39, 0.29) is 35.7 Å². The minimum absolute atomic E-state index is 0.0410. The highest BCUT2D eigenvalue weighted by molar-refractivity contribution is 5.76. The van der Waals surface area contributed by atoms with Crippen LogP contribution in [0.2, 0.25) is 0 Å². The Morgan fingerprint density at radius 1 is 1.06 bits per heavy atom. The van der Waals surface area contributed by atoms with Gasteiger partial charge in [-0.15, -0.1) is 0 Å². The first-order chi connectivity index (χ1) is 16.0. The number of hydrogen-bond acceptors (Lipinski definition) is 3. The number of likely N-dealkylation sites (tertiary alicyclic amines) is 1. The number of carbonyl (C=O) groups is 1. The molecule has 1 heterocycles. The van der Waals surface area contributed by atoms with Crippen molar-refractivity contribution >= 4 is 6.03 Å². The third kappa shape index (κ3) is 5.75. The predicted octanol–water partition coefficient (Wildman–Crippen LogP) is 6.48. The van der Waals surface area contributed by atoms with Crippen molar-refractivity contribution < 1.29 is 9.53 Å². The van der Waals surface area contributed by atoms with E-state index in [2.05, 4.69) is 101 Å². The van der Waals surface area contributed by atoms with Gasteiger partial charge in [-0.3, -0.25) is 5.32 Å². The zero-order valence-corrected chi connectivity index (χ0v) is 22.3. The van der Waals surface area contributed by atoms with E-state index in [0.717, 1.165) is 24.2 Å². The molecule has 3 rings (SSSR count). The summed E-state index contributed by atoms with van der Waals surface area (Å²) in [4.78, 5) is 18.0. The Balaban J connectivity index is 1.90. The van der Waals surface area contributed by atoms with Crippen LogP contribution >= 0.6 is 0 Å². The largest absolute Gasteiger partial charge is 0.496 e. The summed E-state index contributed by atoms with van der Waals surface area (Å²) in [6.45, 7) is 15.7. The second-order valence-electron chi connectivity index (χ2n) is 11.0. The first-order valence-electron chi connectivity index (χ1n) is 12.6. The number of amides is 2. The molecule has 186 valence electrons. The zero-order chi connectivity index (χ0) is 25.0. The van der Waals surface area contributed by atoms with Crippen LogP contribution < -0.4 is 10.1 Å². The molecule has 1 N–H and O–H groups in total. The molecule has 2 atom stereocenters. The maximum absolute atomic E-state index is 13.9. The van der Waals surface area contributed by atoms with Crippen LogP contribution in [-0.2, 0) is 12.0 Å². The van der Waals surface area contributed by atoms with Gasteiger partial charge in [-0.2, -0.15) is 0 Å². The summed E-state index contributed by atoms with van der Waals surface area (Å²) in [7, 11) is 1.72. The molecule has 0 radical (unpaired) electrons. The maximum atomic E-state index is 13.9. The molecule has 2 unspecified atom stereocenters. The molecule has 34 heavy (non-hydrogen) atoms. The van der Waals surface area contributed by atoms with Crippen molar-refractivity contribution in [2.75, 3.05) is 7.11 Å². The van der Waals surface area contributed by atoms with Crippen LogP contribution in [0.25, 0.3) is 0 Å². The molecule has 1 fully saturated rings. The third-order valence-electron chi connectivity index (χ3n) is 6.80. The molecular weight excluding hydrogens is 422 g/mol. The summed E-state index contributed by atoms with van der Waals surface area (Å²) < 4.78 is 5.67. The van der Waals surface area contributed by atoms with E-state index in [1.165, 1.54) is 11.1 Å². The highest BCUT2D eigenvalue weighted by Gasteiger charge is 2.40. The second kappa shape index (κ2) is 10.8. The standard InChI is InChI=1S/C29H43N3O2/c1-20(2)31(21(3)4)28(33)32-25(22-12-10-9-11-13-22)15-17-27(32)30-19-23-18-24(29(5,6)7)14-16-26(23)34-8/h9-14,16,18,20-21,25,27,30H,15,17,19H2,1-8H3. The van der Waals surface area contributed by atoms with E-state index < -0.39 is 0 Å². The average Bonchev–Trinajstić information content (AvgIpc) is 3.21. The van der Waals surface area contributed by atoms with Gasteiger partial charge in [0.15, 0.2) is 0 Å². The number of benzene rings is 2. The molecule has 0 spiro atoms. The summed E-state index contributed by atoms with van der Waals surface area (Å²) in [5, 5.41) is 3.71. The van der Waals surface area contributed by atoms with Crippen molar-refractivity contribution in [3.8, 4) is 5.75 Å². The fourth-order valence-electron chi connectivity index (χ4n) is 5.06. The Hall–Kier alpha value is -2.53. The smallest absolute Gasteiger partial charge is 0.322 e. The van der Waals surface area contributed by atoms with Gasteiger partial charge < -0.3 is 14.5 Å². The molecule has 0 aromatic heterocycles. The number of ether oxygens (including phenoxy) is 1. The van der Waals surface area contributed by atoms with E-state index in [1.54, 1.807) is 7.11 Å². The van der Waals surface area contributed by atoms with Gasteiger partial charge in [0.2, 0.25) is 0 Å². The van der Waals surface area contributed by atoms with Crippen molar-refractivity contribution in [1.29, 1.82) is 0 Å². The Morgan fingerprint density at radius 2 is 1.71 bits per heavy atom. The molecule has 2 aromatic rings. The fraction of sp³-hybridized carbons (Fsp3) is 0.552. The molecular formula is C29H43N3O2. The summed E-state index contributed by atoms with van der Waals surface area (Å²) in [5.41, 5.74) is 3.65. The third-order valence-corrected chi connectivity index (χ3v) is 6.80. The van der Waals surface area contributed by atoms with Gasteiger partial charge in [-0.05, 0) is 63.1 Å². The lowest BCUT2D eigenvalue weighted by Crippen LogP contribution is -2.54. The molecule has 1 aliphatic rings. The number of rotatable bonds is 7. The molecule has 5 heteroatoms. The Morgan fingerprint density at radius 3 is 2.26 bits per heavy atom. The number of urea groups is 1. The topological polar surface area (TPSA) is 44.8 Å². The predicted molar refractivity (Wildman–Crippen MR) is 140 cm³/mol. The molecule has 1 saturated heterocycles. The molecule has 5 nitrogen and oxygen atoms in total. The normalized spacial score (nSPS) is 18.6. The summed E-state index contributed by atoms with van der Waals surface area (Å²) >= 11 is 0. The molecule has 0 saturated carbocycles. The number of nitrogens with zero attached hydrogens (tertiary/aromatic N) is 2.